The third-order valence-corrected chi connectivity index (χ3v) is 2.05. The van der Waals surface area contributed by atoms with E-state index in [1.807, 2.05) is 0 Å². The van der Waals surface area contributed by atoms with Crippen molar-refractivity contribution in [1.82, 2.24) is 0 Å². The Morgan fingerprint density at radius 1 is 1.44 bits per heavy atom. The summed E-state index contributed by atoms with van der Waals surface area (Å²) in [5.41, 5.74) is 8.26. The van der Waals surface area contributed by atoms with E-state index in [1.54, 1.807) is 0 Å². The summed E-state index contributed by atoms with van der Waals surface area (Å²) in [5.74, 6) is -0.372. The fourth-order valence-corrected chi connectivity index (χ4v) is 1.41. The van der Waals surface area contributed by atoms with E-state index < -0.39 is 6.36 Å². The maximum absolute atomic E-state index is 12.0. The second-order valence-corrected chi connectivity index (χ2v) is 3.60. The molecular weight excluding hydrogens is 291 g/mol. The van der Waals surface area contributed by atoms with E-state index in [0.717, 1.165) is 6.07 Å². The maximum atomic E-state index is 12.0. The Kier molecular flexibility index (Phi) is 4.03. The lowest BCUT2D eigenvalue weighted by Gasteiger charge is -2.12. The zero-order valence-corrected chi connectivity index (χ0v) is 9.29. The first-order valence-electron chi connectivity index (χ1n) is 3.97. The highest BCUT2D eigenvalue weighted by Gasteiger charge is 2.31. The van der Waals surface area contributed by atoms with Gasteiger partial charge in [-0.15, -0.1) is 13.2 Å². The molecule has 0 aliphatic rings. The summed E-state index contributed by atoms with van der Waals surface area (Å²) in [4.78, 5) is 2.47. The smallest absolute Gasteiger partial charge is 0.406 e. The number of hydrogen-bond donors (Lipinski definition) is 0. The van der Waals surface area contributed by atoms with Crippen LogP contribution < -0.4 is 4.74 Å². The van der Waals surface area contributed by atoms with Crippen molar-refractivity contribution in [3.8, 4) is 5.75 Å². The molecule has 0 atom stereocenters. The molecule has 1 rings (SSSR count). The van der Waals surface area contributed by atoms with Crippen LogP contribution in [-0.2, 0) is 6.54 Å². The van der Waals surface area contributed by atoms with Crippen LogP contribution in [0.4, 0.5) is 13.2 Å². The van der Waals surface area contributed by atoms with Crippen molar-refractivity contribution in [2.45, 2.75) is 12.9 Å². The second-order valence-electron chi connectivity index (χ2n) is 2.69. The zero-order chi connectivity index (χ0) is 12.2. The molecule has 1 aromatic rings. The van der Waals surface area contributed by atoms with E-state index in [4.69, 9.17) is 5.53 Å². The third-order valence-electron chi connectivity index (χ3n) is 1.55. The minimum Gasteiger partial charge on any atom is -0.406 e. The molecular formula is C8H5BrF3N3O. The van der Waals surface area contributed by atoms with Crippen LogP contribution in [0, 0.1) is 0 Å². The van der Waals surface area contributed by atoms with Crippen LogP contribution in [0.25, 0.3) is 10.4 Å². The summed E-state index contributed by atoms with van der Waals surface area (Å²) >= 11 is 3.10. The van der Waals surface area contributed by atoms with Gasteiger partial charge in [0.15, 0.2) is 0 Å². The van der Waals surface area contributed by atoms with Crippen molar-refractivity contribution >= 4 is 15.9 Å². The van der Waals surface area contributed by atoms with Crippen molar-refractivity contribution in [3.05, 3.63) is 38.7 Å². The monoisotopic (exact) mass is 295 g/mol. The third kappa shape index (κ3) is 4.00. The quantitative estimate of drug-likeness (QED) is 0.469. The van der Waals surface area contributed by atoms with Gasteiger partial charge in [0.25, 0.3) is 0 Å². The molecule has 0 unspecified atom stereocenters. The van der Waals surface area contributed by atoms with Gasteiger partial charge in [-0.25, -0.2) is 0 Å². The number of halogens is 4. The SMILES string of the molecule is [N-]=[N+]=NCc1cc(Br)ccc1OC(F)(F)F. The van der Waals surface area contributed by atoms with E-state index >= 15 is 0 Å². The van der Waals surface area contributed by atoms with Crippen LogP contribution in [0.1, 0.15) is 5.56 Å². The summed E-state index contributed by atoms with van der Waals surface area (Å²) in [6.07, 6.45) is -4.76. The Hall–Kier alpha value is -1.40. The van der Waals surface area contributed by atoms with E-state index in [9.17, 15) is 13.2 Å². The Morgan fingerprint density at radius 2 is 2.12 bits per heavy atom. The van der Waals surface area contributed by atoms with Gasteiger partial charge in [0.2, 0.25) is 0 Å². The zero-order valence-electron chi connectivity index (χ0n) is 7.70. The Bertz CT molecular complexity index is 429. The topological polar surface area (TPSA) is 58.0 Å². The van der Waals surface area contributed by atoms with Crippen LogP contribution >= 0.6 is 15.9 Å². The molecule has 0 aliphatic carbocycles. The fraction of sp³-hybridized carbons (Fsp3) is 0.250. The number of azide groups is 1. The summed E-state index contributed by atoms with van der Waals surface area (Å²) in [6, 6.07) is 3.95. The molecule has 4 nitrogen and oxygen atoms in total. The molecule has 8 heteroatoms. The van der Waals surface area contributed by atoms with E-state index in [1.165, 1.54) is 12.1 Å². The summed E-state index contributed by atoms with van der Waals surface area (Å²) in [6.45, 7) is -0.207. The van der Waals surface area contributed by atoms with E-state index in [-0.39, 0.29) is 17.9 Å². The van der Waals surface area contributed by atoms with Gasteiger partial charge in [0, 0.05) is 14.9 Å². The first-order valence-corrected chi connectivity index (χ1v) is 4.76. The largest absolute Gasteiger partial charge is 0.573 e. The van der Waals surface area contributed by atoms with Crippen LogP contribution in [0.15, 0.2) is 27.8 Å². The maximum Gasteiger partial charge on any atom is 0.573 e. The number of benzene rings is 1. The number of ether oxygens (including phenoxy) is 1. The lowest BCUT2D eigenvalue weighted by Crippen LogP contribution is -2.18. The van der Waals surface area contributed by atoms with Gasteiger partial charge in [-0.05, 0) is 23.7 Å². The minimum absolute atomic E-state index is 0.157. The Morgan fingerprint density at radius 3 is 2.69 bits per heavy atom. The first kappa shape index (κ1) is 12.7. The van der Waals surface area contributed by atoms with Crippen molar-refractivity contribution in [1.29, 1.82) is 0 Å². The standard InChI is InChI=1S/C8H5BrF3N3O/c9-6-1-2-7(16-8(10,11)12)5(3-6)4-14-15-13/h1-3H,4H2. The van der Waals surface area contributed by atoms with E-state index in [0.29, 0.717) is 4.47 Å². The van der Waals surface area contributed by atoms with Gasteiger partial charge >= 0.3 is 6.36 Å². The molecule has 0 heterocycles. The van der Waals surface area contributed by atoms with Crippen LogP contribution in [-0.4, -0.2) is 6.36 Å². The normalized spacial score (nSPS) is 10.8. The van der Waals surface area contributed by atoms with Crippen molar-refractivity contribution in [3.63, 3.8) is 0 Å². The molecule has 86 valence electrons. The molecule has 0 radical (unpaired) electrons. The summed E-state index contributed by atoms with van der Waals surface area (Å²) < 4.78 is 40.4. The summed E-state index contributed by atoms with van der Waals surface area (Å²) in [5, 5.41) is 3.19. The van der Waals surface area contributed by atoms with Crippen molar-refractivity contribution in [2.24, 2.45) is 5.11 Å². The molecule has 0 spiro atoms. The van der Waals surface area contributed by atoms with Gasteiger partial charge in [-0.2, -0.15) is 0 Å². The van der Waals surface area contributed by atoms with Gasteiger partial charge in [0.05, 0.1) is 6.54 Å². The molecule has 0 bridgehead atoms. The molecule has 0 aromatic heterocycles. The first-order chi connectivity index (χ1) is 7.42. The average molecular weight is 296 g/mol. The molecule has 0 saturated carbocycles. The highest BCUT2D eigenvalue weighted by Crippen LogP contribution is 2.29. The van der Waals surface area contributed by atoms with E-state index in [2.05, 4.69) is 30.7 Å². The molecule has 0 fully saturated rings. The highest BCUT2D eigenvalue weighted by atomic mass is 79.9. The van der Waals surface area contributed by atoms with Gasteiger partial charge in [-0.1, -0.05) is 21.0 Å². The van der Waals surface area contributed by atoms with Gasteiger partial charge < -0.3 is 4.74 Å². The number of nitrogens with zero attached hydrogens (tertiary/aromatic N) is 3. The predicted octanol–water partition coefficient (Wildman–Crippen LogP) is 4.16. The molecule has 1 aromatic carbocycles. The number of hydrogen-bond acceptors (Lipinski definition) is 2. The number of rotatable bonds is 3. The van der Waals surface area contributed by atoms with Crippen molar-refractivity contribution < 1.29 is 17.9 Å². The molecule has 0 saturated heterocycles. The second kappa shape index (κ2) is 5.09. The van der Waals surface area contributed by atoms with Gasteiger partial charge in [0.1, 0.15) is 5.75 Å². The Balaban J connectivity index is 3.02. The summed E-state index contributed by atoms with van der Waals surface area (Å²) in [7, 11) is 0. The molecule has 0 N–H and O–H groups in total. The fourth-order valence-electron chi connectivity index (χ4n) is 1.00. The predicted molar refractivity (Wildman–Crippen MR) is 53.7 cm³/mol. The lowest BCUT2D eigenvalue weighted by molar-refractivity contribution is -0.274. The van der Waals surface area contributed by atoms with Crippen LogP contribution in [0.2, 0.25) is 0 Å². The van der Waals surface area contributed by atoms with Gasteiger partial charge in [-0.3, -0.25) is 0 Å². The van der Waals surface area contributed by atoms with Crippen LogP contribution in [0.5, 0.6) is 5.75 Å². The lowest BCUT2D eigenvalue weighted by atomic mass is 10.2. The van der Waals surface area contributed by atoms with Crippen molar-refractivity contribution in [2.75, 3.05) is 0 Å². The highest BCUT2D eigenvalue weighted by molar-refractivity contribution is 9.10. The molecule has 0 amide bonds. The number of alkyl halides is 3. The van der Waals surface area contributed by atoms with Crippen LogP contribution in [0.3, 0.4) is 0 Å². The average Bonchev–Trinajstić information content (AvgIpc) is 2.16. The molecule has 0 aliphatic heterocycles. The minimum atomic E-state index is -4.76. The molecule has 16 heavy (non-hydrogen) atoms. The Labute approximate surface area is 96.8 Å².